The molecule has 2 heteroatoms. The zero-order valence-corrected chi connectivity index (χ0v) is 12.7. The number of piperidine rings is 1. The van der Waals surface area contributed by atoms with E-state index in [1.54, 1.807) is 0 Å². The highest BCUT2D eigenvalue weighted by Gasteiger charge is 2.20. The molecule has 1 aromatic carbocycles. The van der Waals surface area contributed by atoms with E-state index in [4.69, 9.17) is 0 Å². The van der Waals surface area contributed by atoms with E-state index in [1.807, 2.05) is 0 Å². The molecular formula is C17H28N2. The molecule has 2 nitrogen and oxygen atoms in total. The molecule has 0 radical (unpaired) electrons. The first-order chi connectivity index (χ1) is 9.20. The first kappa shape index (κ1) is 14.5. The lowest BCUT2D eigenvalue weighted by Gasteiger charge is -2.33. The lowest BCUT2D eigenvalue weighted by atomic mass is 9.95. The summed E-state index contributed by atoms with van der Waals surface area (Å²) in [6, 6.07) is 9.62. The quantitative estimate of drug-likeness (QED) is 0.873. The number of rotatable bonds is 5. The summed E-state index contributed by atoms with van der Waals surface area (Å²) in [7, 11) is 2.29. The molecule has 1 unspecified atom stereocenters. The van der Waals surface area contributed by atoms with Gasteiger partial charge in [-0.3, -0.25) is 4.90 Å². The molecule has 1 saturated heterocycles. The van der Waals surface area contributed by atoms with E-state index in [0.29, 0.717) is 6.04 Å². The SMILES string of the molecule is CCC(c1ccc(C)cc1)N(C)CC1CCNCC1. The third-order valence-electron chi connectivity index (χ3n) is 4.39. The van der Waals surface area contributed by atoms with Crippen LogP contribution in [0.25, 0.3) is 0 Å². The van der Waals surface area contributed by atoms with Gasteiger partial charge in [-0.1, -0.05) is 36.8 Å². The average molecular weight is 260 g/mol. The molecule has 0 saturated carbocycles. The third-order valence-corrected chi connectivity index (χ3v) is 4.39. The molecule has 1 heterocycles. The first-order valence-corrected chi connectivity index (χ1v) is 7.68. The van der Waals surface area contributed by atoms with Gasteiger partial charge in [0.05, 0.1) is 0 Å². The van der Waals surface area contributed by atoms with Gasteiger partial charge in [0.15, 0.2) is 0 Å². The number of nitrogens with zero attached hydrogens (tertiary/aromatic N) is 1. The lowest BCUT2D eigenvalue weighted by Crippen LogP contribution is -2.36. The van der Waals surface area contributed by atoms with Crippen molar-refractivity contribution in [3.8, 4) is 0 Å². The Morgan fingerprint density at radius 2 is 1.84 bits per heavy atom. The largest absolute Gasteiger partial charge is 0.317 e. The highest BCUT2D eigenvalue weighted by atomic mass is 15.1. The second kappa shape index (κ2) is 7.06. The Kier molecular flexibility index (Phi) is 5.41. The Balaban J connectivity index is 1.97. The highest BCUT2D eigenvalue weighted by Crippen LogP contribution is 2.25. The van der Waals surface area contributed by atoms with Gasteiger partial charge in [-0.05, 0) is 57.8 Å². The van der Waals surface area contributed by atoms with Crippen LogP contribution in [-0.2, 0) is 0 Å². The van der Waals surface area contributed by atoms with Crippen molar-refractivity contribution >= 4 is 0 Å². The van der Waals surface area contributed by atoms with E-state index < -0.39 is 0 Å². The summed E-state index contributed by atoms with van der Waals surface area (Å²) >= 11 is 0. The maximum absolute atomic E-state index is 3.45. The summed E-state index contributed by atoms with van der Waals surface area (Å²) in [5, 5.41) is 3.45. The zero-order chi connectivity index (χ0) is 13.7. The average Bonchev–Trinajstić information content (AvgIpc) is 2.43. The van der Waals surface area contributed by atoms with Crippen LogP contribution >= 0.6 is 0 Å². The van der Waals surface area contributed by atoms with Gasteiger partial charge in [0.25, 0.3) is 0 Å². The molecular weight excluding hydrogens is 232 g/mol. The van der Waals surface area contributed by atoms with Crippen molar-refractivity contribution in [2.24, 2.45) is 5.92 Å². The van der Waals surface area contributed by atoms with Gasteiger partial charge >= 0.3 is 0 Å². The van der Waals surface area contributed by atoms with Crippen LogP contribution in [-0.4, -0.2) is 31.6 Å². The second-order valence-corrected chi connectivity index (χ2v) is 5.97. The molecule has 0 spiro atoms. The number of aryl methyl sites for hydroxylation is 1. The zero-order valence-electron chi connectivity index (χ0n) is 12.7. The van der Waals surface area contributed by atoms with E-state index in [0.717, 1.165) is 5.92 Å². The summed E-state index contributed by atoms with van der Waals surface area (Å²) in [6.45, 7) is 8.07. The smallest absolute Gasteiger partial charge is 0.0342 e. The minimum absolute atomic E-state index is 0.565. The van der Waals surface area contributed by atoms with Gasteiger partial charge < -0.3 is 5.32 Å². The van der Waals surface area contributed by atoms with E-state index in [2.05, 4.69) is 55.4 Å². The molecule has 1 aliphatic heterocycles. The fourth-order valence-corrected chi connectivity index (χ4v) is 3.19. The van der Waals surface area contributed by atoms with Crippen LogP contribution in [0.1, 0.15) is 43.4 Å². The van der Waals surface area contributed by atoms with E-state index in [9.17, 15) is 0 Å². The van der Waals surface area contributed by atoms with E-state index >= 15 is 0 Å². The van der Waals surface area contributed by atoms with Gasteiger partial charge in [-0.25, -0.2) is 0 Å². The third kappa shape index (κ3) is 4.05. The Labute approximate surface area is 118 Å². The molecule has 1 aromatic rings. The van der Waals surface area contributed by atoms with E-state index in [1.165, 1.54) is 50.0 Å². The molecule has 0 aliphatic carbocycles. The fraction of sp³-hybridized carbons (Fsp3) is 0.647. The fourth-order valence-electron chi connectivity index (χ4n) is 3.19. The van der Waals surface area contributed by atoms with Crippen molar-refractivity contribution in [1.82, 2.24) is 10.2 Å². The van der Waals surface area contributed by atoms with Crippen LogP contribution in [0.4, 0.5) is 0 Å². The summed E-state index contributed by atoms with van der Waals surface area (Å²) in [5.74, 6) is 0.866. The number of benzene rings is 1. The van der Waals surface area contributed by atoms with Crippen LogP contribution in [0, 0.1) is 12.8 Å². The topological polar surface area (TPSA) is 15.3 Å². The molecule has 2 rings (SSSR count). The first-order valence-electron chi connectivity index (χ1n) is 7.68. The van der Waals surface area contributed by atoms with Gasteiger partial charge in [0.2, 0.25) is 0 Å². The summed E-state index contributed by atoms with van der Waals surface area (Å²) in [5.41, 5.74) is 2.81. The Morgan fingerprint density at radius 1 is 1.21 bits per heavy atom. The number of nitrogens with one attached hydrogen (secondary N) is 1. The maximum Gasteiger partial charge on any atom is 0.0342 e. The minimum Gasteiger partial charge on any atom is -0.317 e. The number of hydrogen-bond acceptors (Lipinski definition) is 2. The molecule has 0 amide bonds. The van der Waals surface area contributed by atoms with Crippen LogP contribution in [0.3, 0.4) is 0 Å². The Morgan fingerprint density at radius 3 is 2.42 bits per heavy atom. The molecule has 0 bridgehead atoms. The molecule has 1 aliphatic rings. The predicted octanol–water partition coefficient (Wildman–Crippen LogP) is 3.38. The summed E-state index contributed by atoms with van der Waals surface area (Å²) < 4.78 is 0. The van der Waals surface area contributed by atoms with Crippen molar-refractivity contribution in [2.75, 3.05) is 26.7 Å². The normalized spacial score (nSPS) is 18.7. The molecule has 1 fully saturated rings. The second-order valence-electron chi connectivity index (χ2n) is 5.97. The van der Waals surface area contributed by atoms with Crippen LogP contribution in [0.2, 0.25) is 0 Å². The lowest BCUT2D eigenvalue weighted by molar-refractivity contribution is 0.182. The van der Waals surface area contributed by atoms with Crippen molar-refractivity contribution in [1.29, 1.82) is 0 Å². The highest BCUT2D eigenvalue weighted by molar-refractivity contribution is 5.24. The monoisotopic (exact) mass is 260 g/mol. The molecule has 106 valence electrons. The van der Waals surface area contributed by atoms with Crippen LogP contribution in [0.15, 0.2) is 24.3 Å². The molecule has 1 atom stereocenters. The Hall–Kier alpha value is -0.860. The van der Waals surface area contributed by atoms with Crippen molar-refractivity contribution < 1.29 is 0 Å². The van der Waals surface area contributed by atoms with E-state index in [-0.39, 0.29) is 0 Å². The number of hydrogen-bond donors (Lipinski definition) is 1. The standard InChI is InChI=1S/C17H28N2/c1-4-17(16-7-5-14(2)6-8-16)19(3)13-15-9-11-18-12-10-15/h5-8,15,17-18H,4,9-13H2,1-3H3. The maximum atomic E-state index is 3.45. The minimum atomic E-state index is 0.565. The summed E-state index contributed by atoms with van der Waals surface area (Å²) in [4.78, 5) is 2.56. The van der Waals surface area contributed by atoms with Gasteiger partial charge in [0.1, 0.15) is 0 Å². The molecule has 19 heavy (non-hydrogen) atoms. The molecule has 0 aromatic heterocycles. The molecule has 1 N–H and O–H groups in total. The van der Waals surface area contributed by atoms with Gasteiger partial charge in [0, 0.05) is 12.6 Å². The van der Waals surface area contributed by atoms with Crippen LogP contribution < -0.4 is 5.32 Å². The van der Waals surface area contributed by atoms with Gasteiger partial charge in [-0.2, -0.15) is 0 Å². The van der Waals surface area contributed by atoms with Crippen molar-refractivity contribution in [2.45, 2.75) is 39.2 Å². The van der Waals surface area contributed by atoms with Crippen molar-refractivity contribution in [3.05, 3.63) is 35.4 Å². The Bertz CT molecular complexity index is 365. The summed E-state index contributed by atoms with van der Waals surface area (Å²) in [6.07, 6.45) is 3.84. The van der Waals surface area contributed by atoms with Crippen molar-refractivity contribution in [3.63, 3.8) is 0 Å². The van der Waals surface area contributed by atoms with Crippen LogP contribution in [0.5, 0.6) is 0 Å². The van der Waals surface area contributed by atoms with Gasteiger partial charge in [-0.15, -0.1) is 0 Å². The predicted molar refractivity (Wildman–Crippen MR) is 82.4 cm³/mol.